The third-order valence-corrected chi connectivity index (χ3v) is 7.10. The van der Waals surface area contributed by atoms with Gasteiger partial charge in [-0.2, -0.15) is 0 Å². The molecule has 0 saturated heterocycles. The quantitative estimate of drug-likeness (QED) is 0.662. The molecule has 28 heavy (non-hydrogen) atoms. The van der Waals surface area contributed by atoms with Crippen LogP contribution in [0.1, 0.15) is 42.0 Å². The molecular weight excluding hydrogens is 366 g/mol. The highest BCUT2D eigenvalue weighted by Gasteiger charge is 2.51. The van der Waals surface area contributed by atoms with E-state index in [1.165, 1.54) is 22.3 Å². The van der Waals surface area contributed by atoms with Gasteiger partial charge in [0.1, 0.15) is 5.75 Å². The first-order valence-electron chi connectivity index (χ1n) is 10.2. The van der Waals surface area contributed by atoms with Crippen LogP contribution < -0.4 is 10.1 Å². The number of halogens is 1. The Morgan fingerprint density at radius 2 is 2.00 bits per heavy atom. The fourth-order valence-electron chi connectivity index (χ4n) is 4.80. The summed E-state index contributed by atoms with van der Waals surface area (Å²) in [4.78, 5) is -0.258. The molecule has 1 saturated carbocycles. The second kappa shape index (κ2) is 7.09. The number of rotatable bonds is 5. The van der Waals surface area contributed by atoms with Gasteiger partial charge in [0.05, 0.1) is 12.0 Å². The Morgan fingerprint density at radius 1 is 1.14 bits per heavy atom. The first-order valence-corrected chi connectivity index (χ1v) is 10.6. The molecule has 2 unspecified atom stereocenters. The molecule has 2 aromatic carbocycles. The van der Waals surface area contributed by atoms with Crippen LogP contribution >= 0.6 is 11.6 Å². The number of allylic oxidation sites excluding steroid dienone is 4. The van der Waals surface area contributed by atoms with Crippen molar-refractivity contribution in [2.75, 3.05) is 7.11 Å². The van der Waals surface area contributed by atoms with Gasteiger partial charge >= 0.3 is 0 Å². The lowest BCUT2D eigenvalue weighted by Gasteiger charge is -2.27. The van der Waals surface area contributed by atoms with Crippen molar-refractivity contribution < 1.29 is 4.74 Å². The van der Waals surface area contributed by atoms with Crippen molar-refractivity contribution >= 4 is 17.2 Å². The lowest BCUT2D eigenvalue weighted by atomic mass is 9.89. The molecule has 3 aliphatic carbocycles. The van der Waals surface area contributed by atoms with Crippen molar-refractivity contribution in [3.05, 3.63) is 83.4 Å². The summed E-state index contributed by atoms with van der Waals surface area (Å²) in [5.74, 6) is 1.44. The van der Waals surface area contributed by atoms with E-state index in [1.807, 2.05) is 0 Å². The zero-order valence-corrected chi connectivity index (χ0v) is 17.0. The first-order chi connectivity index (χ1) is 13.7. The Labute approximate surface area is 172 Å². The summed E-state index contributed by atoms with van der Waals surface area (Å²) in [6, 6.07) is 17.9. The van der Waals surface area contributed by atoms with Gasteiger partial charge in [-0.05, 0) is 66.0 Å². The van der Waals surface area contributed by atoms with Crippen LogP contribution in [0.15, 0.2) is 66.8 Å². The van der Waals surface area contributed by atoms with Crippen LogP contribution in [0.3, 0.4) is 0 Å². The third-order valence-electron chi connectivity index (χ3n) is 6.53. The normalized spacial score (nSPS) is 30.6. The van der Waals surface area contributed by atoms with E-state index in [0.29, 0.717) is 18.0 Å². The number of hydrogen-bond donors (Lipinski definition) is 1. The van der Waals surface area contributed by atoms with Crippen LogP contribution in [0.25, 0.3) is 5.57 Å². The van der Waals surface area contributed by atoms with E-state index in [9.17, 15) is 0 Å². The third kappa shape index (κ3) is 3.29. The van der Waals surface area contributed by atoms with E-state index >= 15 is 0 Å². The van der Waals surface area contributed by atoms with Gasteiger partial charge in [0.15, 0.2) is 0 Å². The summed E-state index contributed by atoms with van der Waals surface area (Å²) < 4.78 is 5.42. The van der Waals surface area contributed by atoms with Crippen LogP contribution in [-0.2, 0) is 6.42 Å². The highest BCUT2D eigenvalue weighted by atomic mass is 35.5. The van der Waals surface area contributed by atoms with E-state index in [-0.39, 0.29) is 4.87 Å². The van der Waals surface area contributed by atoms with Crippen LogP contribution in [0.5, 0.6) is 5.75 Å². The molecular formula is C25H26ClNO. The molecule has 0 aromatic heterocycles. The Bertz CT molecular complexity index is 935. The molecule has 0 amide bonds. The van der Waals surface area contributed by atoms with Crippen molar-refractivity contribution in [3.63, 3.8) is 0 Å². The first kappa shape index (κ1) is 18.0. The van der Waals surface area contributed by atoms with Crippen molar-refractivity contribution in [1.82, 2.24) is 5.32 Å². The fourth-order valence-corrected chi connectivity index (χ4v) is 5.18. The number of methoxy groups -OCH3 is 1. The predicted octanol–water partition coefficient (Wildman–Crippen LogP) is 5.68. The topological polar surface area (TPSA) is 21.3 Å². The summed E-state index contributed by atoms with van der Waals surface area (Å²) in [5.41, 5.74) is 5.39. The second-order valence-electron chi connectivity index (χ2n) is 8.26. The highest BCUT2D eigenvalue weighted by Crippen LogP contribution is 2.50. The van der Waals surface area contributed by atoms with Crippen LogP contribution in [0, 0.1) is 5.92 Å². The summed E-state index contributed by atoms with van der Waals surface area (Å²) in [6.45, 7) is 0. The largest absolute Gasteiger partial charge is 0.497 e. The summed E-state index contributed by atoms with van der Waals surface area (Å²) in [7, 11) is 1.74. The zero-order valence-electron chi connectivity index (χ0n) is 16.2. The molecule has 3 aliphatic rings. The smallest absolute Gasteiger partial charge is 0.119 e. The van der Waals surface area contributed by atoms with Crippen molar-refractivity contribution in [1.29, 1.82) is 0 Å². The molecule has 144 valence electrons. The molecule has 4 atom stereocenters. The van der Waals surface area contributed by atoms with Crippen LogP contribution in [-0.4, -0.2) is 18.0 Å². The Morgan fingerprint density at radius 3 is 2.75 bits per heavy atom. The van der Waals surface area contributed by atoms with Gasteiger partial charge in [0.25, 0.3) is 0 Å². The predicted molar refractivity (Wildman–Crippen MR) is 116 cm³/mol. The van der Waals surface area contributed by atoms with Crippen LogP contribution in [0.4, 0.5) is 0 Å². The number of benzene rings is 2. The van der Waals surface area contributed by atoms with Crippen LogP contribution in [0.2, 0.25) is 0 Å². The molecule has 0 spiro atoms. The molecule has 0 bridgehead atoms. The van der Waals surface area contributed by atoms with Gasteiger partial charge in [-0.3, -0.25) is 0 Å². The maximum absolute atomic E-state index is 7.06. The second-order valence-corrected chi connectivity index (χ2v) is 8.96. The van der Waals surface area contributed by atoms with Crippen molar-refractivity contribution in [3.8, 4) is 5.75 Å². The lowest BCUT2D eigenvalue weighted by Crippen LogP contribution is -2.30. The molecule has 5 rings (SSSR count). The number of alkyl halides is 1. The van der Waals surface area contributed by atoms with E-state index in [0.717, 1.165) is 31.4 Å². The monoisotopic (exact) mass is 391 g/mol. The van der Waals surface area contributed by atoms with Crippen molar-refractivity contribution in [2.24, 2.45) is 5.92 Å². The minimum absolute atomic E-state index is 0.258. The SMILES string of the molecule is COc1ccc2c(c1)C(N[C@@H]1C[C@@H]1C1(Cl)C=CC(c3ccccc3)=CC1)CC2. The summed E-state index contributed by atoms with van der Waals surface area (Å²) >= 11 is 7.06. The van der Waals surface area contributed by atoms with Gasteiger partial charge in [-0.25, -0.2) is 0 Å². The maximum Gasteiger partial charge on any atom is 0.119 e. The Balaban J connectivity index is 1.24. The van der Waals surface area contributed by atoms with Gasteiger partial charge in [-0.15, -0.1) is 11.6 Å². The lowest BCUT2D eigenvalue weighted by molar-refractivity contribution is 0.413. The Kier molecular flexibility index (Phi) is 4.57. The van der Waals surface area contributed by atoms with E-state index in [4.69, 9.17) is 16.3 Å². The molecule has 2 aromatic rings. The average molecular weight is 392 g/mol. The van der Waals surface area contributed by atoms with E-state index < -0.39 is 0 Å². The van der Waals surface area contributed by atoms with E-state index in [1.54, 1.807) is 7.11 Å². The molecule has 0 heterocycles. The number of nitrogens with one attached hydrogen (secondary N) is 1. The molecule has 1 fully saturated rings. The maximum atomic E-state index is 7.06. The number of hydrogen-bond acceptors (Lipinski definition) is 2. The standard InChI is InChI=1S/C25H26ClNO/c1-28-20-9-7-19-8-10-23(21(19)15-20)27-24-16-22(24)25(26)13-11-18(12-14-25)17-5-3-2-4-6-17/h2-7,9,11-13,15,22-24,27H,8,10,14,16H2,1H3/t22-,23?,24+,25?/m0/s1. The molecule has 0 aliphatic heterocycles. The van der Waals surface area contributed by atoms with Gasteiger partial charge < -0.3 is 10.1 Å². The zero-order chi connectivity index (χ0) is 19.1. The summed E-state index contributed by atoms with van der Waals surface area (Å²) in [6.07, 6.45) is 11.1. The van der Waals surface area contributed by atoms with Gasteiger partial charge in [-0.1, -0.05) is 54.6 Å². The average Bonchev–Trinajstić information content (AvgIpc) is 3.42. The molecule has 3 heteroatoms. The number of fused-ring (bicyclic) bond motifs is 1. The minimum Gasteiger partial charge on any atom is -0.497 e. The summed E-state index contributed by atoms with van der Waals surface area (Å²) in [5, 5.41) is 3.88. The fraction of sp³-hybridized carbons (Fsp3) is 0.360. The number of ether oxygens (including phenoxy) is 1. The number of aryl methyl sites for hydroxylation is 1. The minimum atomic E-state index is -0.258. The van der Waals surface area contributed by atoms with Gasteiger partial charge in [0, 0.05) is 12.1 Å². The van der Waals surface area contributed by atoms with E-state index in [2.05, 4.69) is 72.1 Å². The van der Waals surface area contributed by atoms with Gasteiger partial charge in [0.2, 0.25) is 0 Å². The molecule has 2 nitrogen and oxygen atoms in total. The molecule has 0 radical (unpaired) electrons. The highest BCUT2D eigenvalue weighted by molar-refractivity contribution is 6.26. The Hall–Kier alpha value is -2.03. The van der Waals surface area contributed by atoms with Crippen molar-refractivity contribution in [2.45, 2.75) is 42.6 Å². The molecule has 1 N–H and O–H groups in total.